The van der Waals surface area contributed by atoms with E-state index >= 15 is 0 Å². The molecule has 2 fully saturated rings. The Morgan fingerprint density at radius 2 is 2.11 bits per heavy atom. The van der Waals surface area contributed by atoms with Crippen LogP contribution >= 0.6 is 0 Å². The Kier molecular flexibility index (Phi) is 3.44. The molecule has 0 amide bonds. The Morgan fingerprint density at radius 3 is 2.63 bits per heavy atom. The molecule has 0 saturated heterocycles. The third-order valence-corrected chi connectivity index (χ3v) is 4.97. The second-order valence-corrected chi connectivity index (χ2v) is 6.09. The molecule has 0 radical (unpaired) electrons. The highest BCUT2D eigenvalue weighted by Gasteiger charge is 2.39. The number of rotatable bonds is 5. The Bertz CT molecular complexity index is 464. The van der Waals surface area contributed by atoms with Crippen LogP contribution in [0.3, 0.4) is 0 Å². The predicted molar refractivity (Wildman–Crippen MR) is 75.6 cm³/mol. The molecule has 0 N–H and O–H groups in total. The van der Waals surface area contributed by atoms with Crippen LogP contribution in [-0.2, 0) is 4.74 Å². The van der Waals surface area contributed by atoms with Gasteiger partial charge >= 0.3 is 0 Å². The van der Waals surface area contributed by atoms with Crippen molar-refractivity contribution in [1.29, 1.82) is 0 Å². The molecule has 0 aromatic heterocycles. The van der Waals surface area contributed by atoms with Gasteiger partial charge in [0.1, 0.15) is 0 Å². The number of benzene rings is 1. The number of hydrogen-bond donors (Lipinski definition) is 0. The van der Waals surface area contributed by atoms with Gasteiger partial charge in [0.05, 0.1) is 5.60 Å². The van der Waals surface area contributed by atoms with Crippen LogP contribution in [0, 0.1) is 0 Å². The van der Waals surface area contributed by atoms with Crippen LogP contribution in [0.15, 0.2) is 24.3 Å². The molecule has 1 aromatic rings. The van der Waals surface area contributed by atoms with Gasteiger partial charge in [0, 0.05) is 19.1 Å². The minimum absolute atomic E-state index is 0.163. The van der Waals surface area contributed by atoms with E-state index in [9.17, 15) is 4.79 Å². The number of hydrogen-bond acceptors (Lipinski definition) is 2. The van der Waals surface area contributed by atoms with Gasteiger partial charge in [-0.3, -0.25) is 4.79 Å². The minimum Gasteiger partial charge on any atom is -0.378 e. The molecule has 0 heterocycles. The van der Waals surface area contributed by atoms with E-state index in [0.717, 1.165) is 18.4 Å². The smallest absolute Gasteiger partial charge is 0.165 e. The zero-order valence-electron chi connectivity index (χ0n) is 11.7. The number of carbonyl (C=O) groups is 1. The molecule has 102 valence electrons. The number of ketones is 1. The number of methoxy groups -OCH3 is 1. The van der Waals surface area contributed by atoms with E-state index in [2.05, 4.69) is 12.1 Å². The van der Waals surface area contributed by atoms with Gasteiger partial charge in [0.2, 0.25) is 0 Å². The van der Waals surface area contributed by atoms with E-state index in [1.54, 1.807) is 7.11 Å². The first-order valence-electron chi connectivity index (χ1n) is 7.41. The summed E-state index contributed by atoms with van der Waals surface area (Å²) in [6.45, 7) is 0. The van der Waals surface area contributed by atoms with Crippen molar-refractivity contribution in [2.24, 2.45) is 0 Å². The van der Waals surface area contributed by atoms with Gasteiger partial charge in [0.25, 0.3) is 0 Å². The zero-order valence-corrected chi connectivity index (χ0v) is 11.7. The summed E-state index contributed by atoms with van der Waals surface area (Å²) in [5.74, 6) is 0.926. The third-order valence-electron chi connectivity index (χ3n) is 4.97. The van der Waals surface area contributed by atoms with Gasteiger partial charge in [-0.25, -0.2) is 0 Å². The SMILES string of the molecule is COC1(CC(=O)c2cccc(C3CCC3)c2)CCC1. The highest BCUT2D eigenvalue weighted by Crippen LogP contribution is 2.40. The van der Waals surface area contributed by atoms with Gasteiger partial charge in [-0.2, -0.15) is 0 Å². The van der Waals surface area contributed by atoms with Crippen LogP contribution in [0.4, 0.5) is 0 Å². The zero-order chi connectivity index (χ0) is 13.3. The highest BCUT2D eigenvalue weighted by molar-refractivity contribution is 5.97. The average Bonchev–Trinajstić information content (AvgIpc) is 2.32. The second kappa shape index (κ2) is 5.09. The monoisotopic (exact) mass is 258 g/mol. The molecule has 0 atom stereocenters. The Balaban J connectivity index is 1.72. The minimum atomic E-state index is -0.163. The standard InChI is InChI=1S/C17H22O2/c1-19-17(9-4-10-17)12-16(18)15-8-3-7-14(11-15)13-5-2-6-13/h3,7-8,11,13H,2,4-6,9-10,12H2,1H3. The first kappa shape index (κ1) is 12.9. The lowest BCUT2D eigenvalue weighted by Crippen LogP contribution is -2.41. The molecule has 3 rings (SSSR count). The first-order chi connectivity index (χ1) is 9.22. The lowest BCUT2D eigenvalue weighted by molar-refractivity contribution is -0.0704. The molecule has 2 aliphatic rings. The van der Waals surface area contributed by atoms with Crippen molar-refractivity contribution in [2.75, 3.05) is 7.11 Å². The predicted octanol–water partition coefficient (Wildman–Crippen LogP) is 4.10. The van der Waals surface area contributed by atoms with Crippen LogP contribution in [-0.4, -0.2) is 18.5 Å². The first-order valence-corrected chi connectivity index (χ1v) is 7.41. The summed E-state index contributed by atoms with van der Waals surface area (Å²) in [6, 6.07) is 8.25. The lowest BCUT2D eigenvalue weighted by atomic mass is 9.75. The number of ether oxygens (including phenoxy) is 1. The molecular formula is C17H22O2. The van der Waals surface area contributed by atoms with Crippen LogP contribution in [0.5, 0.6) is 0 Å². The molecule has 2 saturated carbocycles. The van der Waals surface area contributed by atoms with Gasteiger partial charge < -0.3 is 4.74 Å². The van der Waals surface area contributed by atoms with E-state index < -0.39 is 0 Å². The van der Waals surface area contributed by atoms with Crippen molar-refractivity contribution in [1.82, 2.24) is 0 Å². The molecule has 2 nitrogen and oxygen atoms in total. The van der Waals surface area contributed by atoms with Crippen molar-refractivity contribution in [3.8, 4) is 0 Å². The molecule has 0 unspecified atom stereocenters. The number of Topliss-reactive ketones (excluding diaryl/α,β-unsaturated/α-hetero) is 1. The van der Waals surface area contributed by atoms with E-state index in [0.29, 0.717) is 12.3 Å². The van der Waals surface area contributed by atoms with Crippen LogP contribution in [0.1, 0.15) is 66.8 Å². The molecular weight excluding hydrogens is 236 g/mol. The van der Waals surface area contributed by atoms with E-state index in [1.165, 1.54) is 31.2 Å². The maximum absolute atomic E-state index is 12.4. The van der Waals surface area contributed by atoms with E-state index in [-0.39, 0.29) is 11.4 Å². The van der Waals surface area contributed by atoms with Gasteiger partial charge in [-0.1, -0.05) is 24.6 Å². The summed E-state index contributed by atoms with van der Waals surface area (Å²) < 4.78 is 5.56. The van der Waals surface area contributed by atoms with Crippen molar-refractivity contribution in [3.05, 3.63) is 35.4 Å². The Hall–Kier alpha value is -1.15. The fraction of sp³-hybridized carbons (Fsp3) is 0.588. The highest BCUT2D eigenvalue weighted by atomic mass is 16.5. The normalized spacial score (nSPS) is 21.5. The molecule has 19 heavy (non-hydrogen) atoms. The average molecular weight is 258 g/mol. The lowest BCUT2D eigenvalue weighted by Gasteiger charge is -2.40. The number of carbonyl (C=O) groups excluding carboxylic acids is 1. The summed E-state index contributed by atoms with van der Waals surface area (Å²) in [5.41, 5.74) is 2.05. The maximum atomic E-state index is 12.4. The topological polar surface area (TPSA) is 26.3 Å². The summed E-state index contributed by atoms with van der Waals surface area (Å²) in [4.78, 5) is 12.4. The van der Waals surface area contributed by atoms with Crippen LogP contribution < -0.4 is 0 Å². The molecule has 2 heteroatoms. The fourth-order valence-electron chi connectivity index (χ4n) is 3.13. The van der Waals surface area contributed by atoms with Crippen molar-refractivity contribution < 1.29 is 9.53 Å². The van der Waals surface area contributed by atoms with Gasteiger partial charge in [0.15, 0.2) is 5.78 Å². The molecule has 0 spiro atoms. The molecule has 1 aromatic carbocycles. The van der Waals surface area contributed by atoms with Gasteiger partial charge in [-0.15, -0.1) is 0 Å². The van der Waals surface area contributed by atoms with Gasteiger partial charge in [-0.05, 0) is 49.7 Å². The van der Waals surface area contributed by atoms with Crippen LogP contribution in [0.2, 0.25) is 0 Å². The van der Waals surface area contributed by atoms with E-state index in [1.807, 2.05) is 12.1 Å². The molecule has 2 aliphatic carbocycles. The fourth-order valence-corrected chi connectivity index (χ4v) is 3.13. The molecule has 0 aliphatic heterocycles. The van der Waals surface area contributed by atoms with Crippen molar-refractivity contribution in [2.45, 2.75) is 56.5 Å². The van der Waals surface area contributed by atoms with Crippen molar-refractivity contribution >= 4 is 5.78 Å². The van der Waals surface area contributed by atoms with Crippen LogP contribution in [0.25, 0.3) is 0 Å². The summed E-state index contributed by atoms with van der Waals surface area (Å²) in [5, 5.41) is 0. The largest absolute Gasteiger partial charge is 0.378 e. The summed E-state index contributed by atoms with van der Waals surface area (Å²) >= 11 is 0. The van der Waals surface area contributed by atoms with Crippen molar-refractivity contribution in [3.63, 3.8) is 0 Å². The summed E-state index contributed by atoms with van der Waals surface area (Å²) in [7, 11) is 1.73. The third kappa shape index (κ3) is 2.46. The quantitative estimate of drug-likeness (QED) is 0.743. The maximum Gasteiger partial charge on any atom is 0.165 e. The second-order valence-electron chi connectivity index (χ2n) is 6.09. The Morgan fingerprint density at radius 1 is 1.32 bits per heavy atom. The van der Waals surface area contributed by atoms with E-state index in [4.69, 9.17) is 4.74 Å². The Labute approximate surface area is 115 Å². The summed E-state index contributed by atoms with van der Waals surface area (Å²) in [6.07, 6.45) is 7.66. The molecule has 0 bridgehead atoms.